The quantitative estimate of drug-likeness (QED) is 0.302. The topological polar surface area (TPSA) is 172 Å². The molecule has 0 atom stereocenters. The third-order valence-electron chi connectivity index (χ3n) is 2.61. The molecule has 0 amide bonds. The fourth-order valence-corrected chi connectivity index (χ4v) is 1.58. The minimum atomic E-state index is -1.28. The molecule has 0 unspecified atom stereocenters. The summed E-state index contributed by atoms with van der Waals surface area (Å²) in [7, 11) is 0. The summed E-state index contributed by atoms with van der Waals surface area (Å²) >= 11 is 0. The molecular weight excluding hydrogens is 451 g/mol. The molecule has 0 aromatic rings. The number of carbonyl (C=O) groups is 6. The van der Waals surface area contributed by atoms with Crippen LogP contribution in [0.15, 0.2) is 0 Å². The smallest absolute Gasteiger partial charge is 0.550 e. The van der Waals surface area contributed by atoms with Crippen molar-refractivity contribution in [2.24, 2.45) is 0 Å². The second-order valence-electron chi connectivity index (χ2n) is 5.51. The Morgan fingerprint density at radius 1 is 0.500 bits per heavy atom. The maximum absolute atomic E-state index is 10.4. The minimum Gasteiger partial charge on any atom is -0.550 e. The standard InChI is InChI=1S/3C6H10O3.Zr/c3*1-2-3-5(7)4-6(8)9;/h3*2-4H2,1H3,(H,8,9);/q;;;+2/p-3. The van der Waals surface area contributed by atoms with Crippen LogP contribution in [0.4, 0.5) is 0 Å². The second-order valence-corrected chi connectivity index (χ2v) is 5.51. The maximum Gasteiger partial charge on any atom is 2.00 e. The molecule has 10 heteroatoms. The van der Waals surface area contributed by atoms with Crippen LogP contribution in [0.2, 0.25) is 0 Å². The first-order valence-electron chi connectivity index (χ1n) is 8.64. The number of rotatable bonds is 12. The zero-order valence-electron chi connectivity index (χ0n) is 16.5. The molecule has 0 bridgehead atoms. The van der Waals surface area contributed by atoms with Crippen molar-refractivity contribution in [1.29, 1.82) is 0 Å². The number of carboxylic acids is 3. The fraction of sp³-hybridized carbons (Fsp3) is 0.667. The van der Waals surface area contributed by atoms with E-state index in [1.165, 1.54) is 0 Å². The van der Waals surface area contributed by atoms with Crippen LogP contribution in [0.5, 0.6) is 0 Å². The molecule has 0 spiro atoms. The largest absolute Gasteiger partial charge is 2.00 e. The van der Waals surface area contributed by atoms with Gasteiger partial charge in [-0.1, -0.05) is 20.8 Å². The molecule has 0 radical (unpaired) electrons. The second kappa shape index (κ2) is 23.3. The minimum absolute atomic E-state index is 0. The molecule has 28 heavy (non-hydrogen) atoms. The SMILES string of the molecule is CCCC(=O)CC(=O)[O-].CCCC(=O)CC(=O)[O-].CCCC(=O)CC(=O)[O-].[Zr+2]. The Labute approximate surface area is 184 Å². The first-order chi connectivity index (χ1) is 12.5. The molecule has 0 aliphatic rings. The van der Waals surface area contributed by atoms with E-state index in [-0.39, 0.29) is 43.6 Å². The average Bonchev–Trinajstić information content (AvgIpc) is 2.46. The summed E-state index contributed by atoms with van der Waals surface area (Å²) in [6.45, 7) is 5.48. The van der Waals surface area contributed by atoms with E-state index in [0.717, 1.165) is 0 Å². The molecular formula is C18H27O9Zr-. The molecule has 0 N–H and O–H groups in total. The van der Waals surface area contributed by atoms with Crippen LogP contribution < -0.4 is 15.3 Å². The summed E-state index contributed by atoms with van der Waals surface area (Å²) in [4.78, 5) is 60.6. The van der Waals surface area contributed by atoms with Gasteiger partial charge in [-0.2, -0.15) is 0 Å². The molecule has 0 aliphatic heterocycles. The third-order valence-corrected chi connectivity index (χ3v) is 2.61. The Hall–Kier alpha value is -1.70. The van der Waals surface area contributed by atoms with Gasteiger partial charge in [-0.25, -0.2) is 0 Å². The number of carboxylic acid groups (broad SMARTS) is 3. The Kier molecular flexibility index (Phi) is 28.2. The van der Waals surface area contributed by atoms with E-state index >= 15 is 0 Å². The molecule has 0 fully saturated rings. The summed E-state index contributed by atoms with van der Waals surface area (Å²) in [6.07, 6.45) is 1.82. The van der Waals surface area contributed by atoms with Crippen molar-refractivity contribution in [3.63, 3.8) is 0 Å². The summed E-state index contributed by atoms with van der Waals surface area (Å²) in [5, 5.41) is 29.3. The van der Waals surface area contributed by atoms with Crippen molar-refractivity contribution in [1.82, 2.24) is 0 Å². The number of hydrogen-bond donors (Lipinski definition) is 0. The Morgan fingerprint density at radius 2 is 0.679 bits per heavy atom. The van der Waals surface area contributed by atoms with Gasteiger partial charge in [0.05, 0.1) is 0 Å². The first-order valence-corrected chi connectivity index (χ1v) is 8.64. The van der Waals surface area contributed by atoms with E-state index in [1.54, 1.807) is 0 Å². The molecule has 0 aliphatic carbocycles. The summed E-state index contributed by atoms with van der Waals surface area (Å²) in [5.74, 6) is -4.61. The monoisotopic (exact) mass is 477 g/mol. The van der Waals surface area contributed by atoms with Crippen molar-refractivity contribution < 1.29 is 70.3 Å². The van der Waals surface area contributed by atoms with E-state index in [9.17, 15) is 44.1 Å². The molecule has 0 aromatic heterocycles. The van der Waals surface area contributed by atoms with Gasteiger partial charge >= 0.3 is 26.2 Å². The molecule has 0 rings (SSSR count). The molecule has 0 saturated heterocycles. The van der Waals surface area contributed by atoms with Crippen molar-refractivity contribution in [2.45, 2.75) is 78.6 Å². The van der Waals surface area contributed by atoms with E-state index in [2.05, 4.69) is 0 Å². The Balaban J connectivity index is -0.000000152. The fourth-order valence-electron chi connectivity index (χ4n) is 1.58. The van der Waals surface area contributed by atoms with Gasteiger partial charge in [0.1, 0.15) is 17.3 Å². The Bertz CT molecular complexity index is 430. The molecule has 0 saturated carbocycles. The van der Waals surface area contributed by atoms with E-state index in [0.29, 0.717) is 38.5 Å². The van der Waals surface area contributed by atoms with Crippen LogP contribution in [0.3, 0.4) is 0 Å². The molecule has 0 heterocycles. The van der Waals surface area contributed by atoms with Gasteiger partial charge in [-0.05, 0) is 19.3 Å². The predicted molar refractivity (Wildman–Crippen MR) is 88.6 cm³/mol. The molecule has 158 valence electrons. The number of carbonyl (C=O) groups excluding carboxylic acids is 6. The zero-order valence-corrected chi connectivity index (χ0v) is 19.0. The predicted octanol–water partition coefficient (Wildman–Crippen LogP) is -1.52. The van der Waals surface area contributed by atoms with Gasteiger partial charge in [0.25, 0.3) is 0 Å². The van der Waals surface area contributed by atoms with Gasteiger partial charge in [-0.3, -0.25) is 14.4 Å². The van der Waals surface area contributed by atoms with E-state index < -0.39 is 37.2 Å². The van der Waals surface area contributed by atoms with E-state index in [1.807, 2.05) is 20.8 Å². The third kappa shape index (κ3) is 35.4. The van der Waals surface area contributed by atoms with Gasteiger partial charge in [0.15, 0.2) is 0 Å². The van der Waals surface area contributed by atoms with Crippen molar-refractivity contribution in [2.75, 3.05) is 0 Å². The van der Waals surface area contributed by atoms with Crippen LogP contribution in [-0.2, 0) is 55.0 Å². The normalized spacial score (nSPS) is 8.68. The van der Waals surface area contributed by atoms with Crippen LogP contribution in [0.1, 0.15) is 78.6 Å². The maximum atomic E-state index is 10.4. The van der Waals surface area contributed by atoms with Gasteiger partial charge in [0.2, 0.25) is 0 Å². The Morgan fingerprint density at radius 3 is 0.786 bits per heavy atom. The van der Waals surface area contributed by atoms with Crippen molar-refractivity contribution >= 4 is 35.3 Å². The number of aliphatic carboxylic acids is 3. The summed E-state index contributed by atoms with van der Waals surface area (Å²) in [6, 6.07) is 0. The van der Waals surface area contributed by atoms with Crippen LogP contribution in [0.25, 0.3) is 0 Å². The van der Waals surface area contributed by atoms with Crippen LogP contribution in [-0.4, -0.2) is 35.3 Å². The van der Waals surface area contributed by atoms with Gasteiger partial charge < -0.3 is 29.7 Å². The number of Topliss-reactive ketones (excluding diaryl/α,β-unsaturated/α-hetero) is 3. The zero-order chi connectivity index (χ0) is 21.8. The number of ketones is 3. The van der Waals surface area contributed by atoms with Gasteiger partial charge in [-0.15, -0.1) is 0 Å². The molecule has 9 nitrogen and oxygen atoms in total. The summed E-state index contributed by atoms with van der Waals surface area (Å²) in [5.41, 5.74) is 0. The van der Waals surface area contributed by atoms with Crippen LogP contribution in [0, 0.1) is 0 Å². The van der Waals surface area contributed by atoms with E-state index in [4.69, 9.17) is 0 Å². The average molecular weight is 479 g/mol. The van der Waals surface area contributed by atoms with Crippen LogP contribution >= 0.6 is 0 Å². The number of hydrogen-bond acceptors (Lipinski definition) is 9. The molecule has 0 aromatic carbocycles. The van der Waals surface area contributed by atoms with Crippen molar-refractivity contribution in [3.05, 3.63) is 0 Å². The summed E-state index contributed by atoms with van der Waals surface area (Å²) < 4.78 is 0. The van der Waals surface area contributed by atoms with Gasteiger partial charge in [0, 0.05) is 56.4 Å². The first kappa shape index (κ1) is 33.9. The van der Waals surface area contributed by atoms with Crippen molar-refractivity contribution in [3.8, 4) is 0 Å².